The Morgan fingerprint density at radius 2 is 1.94 bits per heavy atom. The van der Waals surface area contributed by atoms with E-state index in [0.717, 1.165) is 5.92 Å². The predicted octanol–water partition coefficient (Wildman–Crippen LogP) is 6.62. The lowest BCUT2D eigenvalue weighted by atomic mass is 9.93. The maximum atomic E-state index is 3.90. The van der Waals surface area contributed by atoms with Gasteiger partial charge in [0, 0.05) is 9.70 Å². The molecule has 1 saturated carbocycles. The first-order chi connectivity index (χ1) is 8.16. The molecule has 1 atom stereocenters. The third-order valence-electron chi connectivity index (χ3n) is 3.78. The highest BCUT2D eigenvalue weighted by Gasteiger charge is 2.19. The van der Waals surface area contributed by atoms with Crippen LogP contribution in [0.4, 0.5) is 0 Å². The molecule has 0 amide bonds. The fourth-order valence-electron chi connectivity index (χ4n) is 2.79. The molecule has 1 fully saturated rings. The van der Waals surface area contributed by atoms with E-state index in [-0.39, 0.29) is 0 Å². The number of hydrogen-bond acceptors (Lipinski definition) is 1. The van der Waals surface area contributed by atoms with Crippen LogP contribution in [0.1, 0.15) is 60.2 Å². The van der Waals surface area contributed by atoms with Gasteiger partial charge in [-0.25, -0.2) is 0 Å². The van der Waals surface area contributed by atoms with Gasteiger partial charge in [0.1, 0.15) is 0 Å². The molecule has 0 nitrogen and oxygen atoms in total. The van der Waals surface area contributed by atoms with Crippen molar-refractivity contribution >= 4 is 43.2 Å². The number of aryl methyl sites for hydroxylation is 1. The zero-order chi connectivity index (χ0) is 12.3. The van der Waals surface area contributed by atoms with Crippen LogP contribution in [-0.2, 0) is 0 Å². The van der Waals surface area contributed by atoms with Crippen LogP contribution in [0.15, 0.2) is 9.85 Å². The highest BCUT2D eigenvalue weighted by molar-refractivity contribution is 9.11. The van der Waals surface area contributed by atoms with E-state index in [2.05, 4.69) is 44.8 Å². The minimum absolute atomic E-state index is 0.549. The number of thiophene rings is 1. The third kappa shape index (κ3) is 4.07. The normalized spacial score (nSPS) is 20.2. The molecule has 1 aliphatic carbocycles. The Labute approximate surface area is 125 Å². The van der Waals surface area contributed by atoms with Crippen LogP contribution >= 0.6 is 43.2 Å². The lowest BCUT2D eigenvalue weighted by Gasteiger charge is -2.18. The summed E-state index contributed by atoms with van der Waals surface area (Å²) in [5, 5.41) is 0. The largest absolute Gasteiger partial charge is 0.133 e. The molecule has 1 aromatic rings. The molecular weight excluding hydrogens is 360 g/mol. The molecule has 0 radical (unpaired) electrons. The Morgan fingerprint density at radius 1 is 1.29 bits per heavy atom. The summed E-state index contributed by atoms with van der Waals surface area (Å²) in [5.41, 5.74) is 1.49. The monoisotopic (exact) mass is 378 g/mol. The van der Waals surface area contributed by atoms with Crippen molar-refractivity contribution in [3.63, 3.8) is 0 Å². The topological polar surface area (TPSA) is 0 Å². The SMILES string of the molecule is Cc1sc(Br)cc1C(Br)CC1CCCCCC1. The summed E-state index contributed by atoms with van der Waals surface area (Å²) >= 11 is 9.33. The first-order valence-electron chi connectivity index (χ1n) is 6.56. The van der Waals surface area contributed by atoms with Gasteiger partial charge in [-0.2, -0.15) is 0 Å². The highest BCUT2D eigenvalue weighted by Crippen LogP contribution is 2.40. The molecule has 0 spiro atoms. The lowest BCUT2D eigenvalue weighted by molar-refractivity contribution is 0.427. The van der Waals surface area contributed by atoms with Crippen molar-refractivity contribution in [3.8, 4) is 0 Å². The summed E-state index contributed by atoms with van der Waals surface area (Å²) in [4.78, 5) is 2.00. The van der Waals surface area contributed by atoms with Crippen molar-refractivity contribution < 1.29 is 0 Å². The molecule has 0 aliphatic heterocycles. The smallest absolute Gasteiger partial charge is 0.0704 e. The molecule has 2 rings (SSSR count). The van der Waals surface area contributed by atoms with Crippen molar-refractivity contribution in [1.82, 2.24) is 0 Å². The minimum atomic E-state index is 0.549. The van der Waals surface area contributed by atoms with Gasteiger partial charge in [-0.15, -0.1) is 11.3 Å². The standard InChI is InChI=1S/C14H20Br2S/c1-10-12(9-14(16)17-10)13(15)8-11-6-4-2-3-5-7-11/h9,11,13H,2-8H2,1H3. The van der Waals surface area contributed by atoms with Gasteiger partial charge >= 0.3 is 0 Å². The maximum Gasteiger partial charge on any atom is 0.0704 e. The van der Waals surface area contributed by atoms with E-state index in [1.165, 1.54) is 59.2 Å². The number of rotatable bonds is 3. The van der Waals surface area contributed by atoms with E-state index < -0.39 is 0 Å². The van der Waals surface area contributed by atoms with E-state index in [1.807, 2.05) is 11.3 Å². The van der Waals surface area contributed by atoms with Crippen LogP contribution in [-0.4, -0.2) is 0 Å². The minimum Gasteiger partial charge on any atom is -0.133 e. The van der Waals surface area contributed by atoms with Gasteiger partial charge in [0.2, 0.25) is 0 Å². The Bertz CT molecular complexity index is 351. The van der Waals surface area contributed by atoms with Crippen molar-refractivity contribution in [3.05, 3.63) is 20.3 Å². The molecule has 0 N–H and O–H groups in total. The first-order valence-corrected chi connectivity index (χ1v) is 9.09. The van der Waals surface area contributed by atoms with Gasteiger partial charge in [0.15, 0.2) is 0 Å². The Hall–Kier alpha value is 0.660. The second-order valence-corrected chi connectivity index (χ2v) is 8.86. The number of halogens is 2. The average molecular weight is 380 g/mol. The zero-order valence-corrected chi connectivity index (χ0v) is 14.3. The molecular formula is C14H20Br2S. The van der Waals surface area contributed by atoms with Crippen molar-refractivity contribution in [2.75, 3.05) is 0 Å². The van der Waals surface area contributed by atoms with Crippen molar-refractivity contribution in [2.45, 2.75) is 56.7 Å². The van der Waals surface area contributed by atoms with E-state index in [9.17, 15) is 0 Å². The summed E-state index contributed by atoms with van der Waals surface area (Å²) in [6, 6.07) is 2.29. The van der Waals surface area contributed by atoms with E-state index in [1.54, 1.807) is 0 Å². The van der Waals surface area contributed by atoms with Crippen LogP contribution in [0.3, 0.4) is 0 Å². The molecule has 0 aromatic carbocycles. The summed E-state index contributed by atoms with van der Waals surface area (Å²) < 4.78 is 1.26. The summed E-state index contributed by atoms with van der Waals surface area (Å²) in [6.45, 7) is 2.23. The van der Waals surface area contributed by atoms with E-state index in [4.69, 9.17) is 0 Å². The zero-order valence-electron chi connectivity index (χ0n) is 10.3. The fourth-order valence-corrected chi connectivity index (χ4v) is 5.72. The van der Waals surface area contributed by atoms with Crippen LogP contribution < -0.4 is 0 Å². The number of hydrogen-bond donors (Lipinski definition) is 0. The van der Waals surface area contributed by atoms with Crippen LogP contribution in [0, 0.1) is 12.8 Å². The second-order valence-electron chi connectivity index (χ2n) is 5.12. The predicted molar refractivity (Wildman–Crippen MR) is 84.2 cm³/mol. The molecule has 1 unspecified atom stereocenters. The van der Waals surface area contributed by atoms with Crippen molar-refractivity contribution in [2.24, 2.45) is 5.92 Å². The molecule has 96 valence electrons. The molecule has 1 heterocycles. The molecule has 17 heavy (non-hydrogen) atoms. The van der Waals surface area contributed by atoms with Crippen LogP contribution in [0.2, 0.25) is 0 Å². The fraction of sp³-hybridized carbons (Fsp3) is 0.714. The average Bonchev–Trinajstić information content (AvgIpc) is 2.51. The quantitative estimate of drug-likeness (QED) is 0.409. The van der Waals surface area contributed by atoms with Crippen LogP contribution in [0.25, 0.3) is 0 Å². The van der Waals surface area contributed by atoms with Gasteiger partial charge in [-0.1, -0.05) is 54.5 Å². The highest BCUT2D eigenvalue weighted by atomic mass is 79.9. The Morgan fingerprint density at radius 3 is 2.47 bits per heavy atom. The third-order valence-corrected chi connectivity index (χ3v) is 6.21. The lowest BCUT2D eigenvalue weighted by Crippen LogP contribution is -2.03. The van der Waals surface area contributed by atoms with Gasteiger partial charge in [-0.3, -0.25) is 0 Å². The molecule has 1 aliphatic rings. The van der Waals surface area contributed by atoms with Gasteiger partial charge < -0.3 is 0 Å². The van der Waals surface area contributed by atoms with E-state index in [0.29, 0.717) is 4.83 Å². The second kappa shape index (κ2) is 6.72. The Balaban J connectivity index is 1.95. The molecule has 1 aromatic heterocycles. The maximum absolute atomic E-state index is 3.90. The Kier molecular flexibility index (Phi) is 5.56. The van der Waals surface area contributed by atoms with Gasteiger partial charge in [0.25, 0.3) is 0 Å². The summed E-state index contributed by atoms with van der Waals surface area (Å²) in [5.74, 6) is 0.931. The first kappa shape index (κ1) is 14.1. The van der Waals surface area contributed by atoms with Gasteiger partial charge in [-0.05, 0) is 46.8 Å². The summed E-state index contributed by atoms with van der Waals surface area (Å²) in [7, 11) is 0. The van der Waals surface area contributed by atoms with E-state index >= 15 is 0 Å². The summed E-state index contributed by atoms with van der Waals surface area (Å²) in [6.07, 6.45) is 9.97. The van der Waals surface area contributed by atoms with Gasteiger partial charge in [0.05, 0.1) is 3.79 Å². The molecule has 3 heteroatoms. The molecule has 0 saturated heterocycles. The molecule has 0 bridgehead atoms. The number of alkyl halides is 1. The van der Waals surface area contributed by atoms with Crippen LogP contribution in [0.5, 0.6) is 0 Å². The van der Waals surface area contributed by atoms with Crippen molar-refractivity contribution in [1.29, 1.82) is 0 Å².